The summed E-state index contributed by atoms with van der Waals surface area (Å²) in [6.07, 6.45) is 1.95. The van der Waals surface area contributed by atoms with Crippen molar-refractivity contribution in [2.75, 3.05) is 0 Å². The van der Waals surface area contributed by atoms with Crippen molar-refractivity contribution in [2.45, 2.75) is 0 Å². The highest BCUT2D eigenvalue weighted by Crippen LogP contribution is 2.26. The number of nitrogens with zero attached hydrogens (tertiary/aromatic N) is 1. The third kappa shape index (κ3) is 2.38. The fraction of sp³-hybridized carbons (Fsp3) is 0. The number of aromatic nitrogens is 1. The molecule has 0 N–H and O–H groups in total. The maximum atomic E-state index is 4.58. The highest BCUT2D eigenvalue weighted by Gasteiger charge is 2.03. The van der Waals surface area contributed by atoms with Crippen LogP contribution in [0.25, 0.3) is 33.2 Å². The maximum Gasteiger partial charge on any atom is 0.0708 e. The monoisotopic (exact) mass is 281 g/mol. The van der Waals surface area contributed by atoms with Crippen molar-refractivity contribution in [3.05, 3.63) is 91.1 Å². The molecule has 0 unspecified atom stereocenters. The van der Waals surface area contributed by atoms with Crippen LogP contribution in [0.2, 0.25) is 0 Å². The van der Waals surface area contributed by atoms with Crippen LogP contribution in [0.5, 0.6) is 0 Å². The first-order valence-electron chi connectivity index (χ1n) is 7.41. The molecule has 0 saturated heterocycles. The maximum absolute atomic E-state index is 4.58. The Labute approximate surface area is 129 Å². The highest BCUT2D eigenvalue weighted by atomic mass is 14.7. The zero-order valence-electron chi connectivity index (χ0n) is 12.1. The molecule has 1 nitrogen and oxygen atoms in total. The average Bonchev–Trinajstić information content (AvgIpc) is 2.62. The van der Waals surface area contributed by atoms with E-state index >= 15 is 0 Å². The van der Waals surface area contributed by atoms with Crippen LogP contribution < -0.4 is 0 Å². The van der Waals surface area contributed by atoms with E-state index < -0.39 is 0 Å². The number of fused-ring (bicyclic) bond motifs is 1. The molecule has 22 heavy (non-hydrogen) atoms. The molecule has 0 aliphatic carbocycles. The lowest BCUT2D eigenvalue weighted by Gasteiger charge is -2.06. The van der Waals surface area contributed by atoms with Gasteiger partial charge in [-0.25, -0.2) is 0 Å². The fourth-order valence-electron chi connectivity index (χ4n) is 2.72. The third-order valence-corrected chi connectivity index (χ3v) is 3.90. The second-order valence-electron chi connectivity index (χ2n) is 5.36. The van der Waals surface area contributed by atoms with E-state index in [0.717, 1.165) is 11.3 Å². The van der Waals surface area contributed by atoms with Crippen LogP contribution in [0.3, 0.4) is 0 Å². The minimum absolute atomic E-state index is 1.01. The van der Waals surface area contributed by atoms with Gasteiger partial charge >= 0.3 is 0 Å². The van der Waals surface area contributed by atoms with Crippen molar-refractivity contribution >= 4 is 10.8 Å². The smallest absolute Gasteiger partial charge is 0.0708 e. The Balaban J connectivity index is 1.85. The van der Waals surface area contributed by atoms with E-state index in [-0.39, 0.29) is 0 Å². The summed E-state index contributed by atoms with van der Waals surface area (Å²) < 4.78 is 0. The first-order chi connectivity index (χ1) is 10.9. The lowest BCUT2D eigenvalue weighted by atomic mass is 10.0. The van der Waals surface area contributed by atoms with Crippen LogP contribution >= 0.6 is 0 Å². The van der Waals surface area contributed by atoms with Crippen LogP contribution in [0.4, 0.5) is 0 Å². The van der Waals surface area contributed by atoms with Crippen molar-refractivity contribution in [1.82, 2.24) is 4.98 Å². The lowest BCUT2D eigenvalue weighted by molar-refractivity contribution is 1.36. The van der Waals surface area contributed by atoms with E-state index in [0.29, 0.717) is 0 Å². The number of benzene rings is 3. The molecule has 4 rings (SSSR count). The van der Waals surface area contributed by atoms with Crippen molar-refractivity contribution in [2.24, 2.45) is 0 Å². The summed E-state index contributed by atoms with van der Waals surface area (Å²) in [7, 11) is 0. The second kappa shape index (κ2) is 5.45. The molecule has 0 fully saturated rings. The molecule has 0 bridgehead atoms. The molecule has 0 saturated carbocycles. The Morgan fingerprint density at radius 3 is 1.91 bits per heavy atom. The van der Waals surface area contributed by atoms with Gasteiger partial charge in [0.05, 0.1) is 5.69 Å². The lowest BCUT2D eigenvalue weighted by Crippen LogP contribution is -1.85. The van der Waals surface area contributed by atoms with Crippen molar-refractivity contribution in [3.8, 4) is 22.4 Å². The number of rotatable bonds is 2. The largest absolute Gasteiger partial charge is 0.256 e. The number of hydrogen-bond acceptors (Lipinski definition) is 1. The van der Waals surface area contributed by atoms with Gasteiger partial charge in [0.2, 0.25) is 0 Å². The standard InChI is InChI=1S/C21H15N/c1-3-7-16(8-4-1)18-11-12-19-15-22-21(14-20(19)13-18)17-9-5-2-6-10-17/h1-15H. The van der Waals surface area contributed by atoms with Gasteiger partial charge < -0.3 is 0 Å². The molecule has 4 aromatic rings. The van der Waals surface area contributed by atoms with E-state index in [1.165, 1.54) is 21.9 Å². The Hall–Kier alpha value is -2.93. The molecule has 1 heterocycles. The third-order valence-electron chi connectivity index (χ3n) is 3.90. The predicted molar refractivity (Wildman–Crippen MR) is 92.6 cm³/mol. The van der Waals surface area contributed by atoms with E-state index in [9.17, 15) is 0 Å². The molecule has 0 aliphatic rings. The summed E-state index contributed by atoms with van der Waals surface area (Å²) in [5.74, 6) is 0. The van der Waals surface area contributed by atoms with Gasteiger partial charge in [-0.15, -0.1) is 0 Å². The normalized spacial score (nSPS) is 10.7. The zero-order chi connectivity index (χ0) is 14.8. The molecular formula is C21H15N. The average molecular weight is 281 g/mol. The van der Waals surface area contributed by atoms with Crippen molar-refractivity contribution < 1.29 is 0 Å². The summed E-state index contributed by atoms with van der Waals surface area (Å²) in [4.78, 5) is 4.58. The van der Waals surface area contributed by atoms with Gasteiger partial charge in [-0.2, -0.15) is 0 Å². The van der Waals surface area contributed by atoms with E-state index in [1.807, 2.05) is 30.5 Å². The Bertz CT molecular complexity index is 838. The summed E-state index contributed by atoms with van der Waals surface area (Å²) >= 11 is 0. The molecule has 0 aliphatic heterocycles. The molecule has 1 aromatic heterocycles. The second-order valence-corrected chi connectivity index (χ2v) is 5.36. The van der Waals surface area contributed by atoms with E-state index in [4.69, 9.17) is 0 Å². The van der Waals surface area contributed by atoms with Gasteiger partial charge in [0.15, 0.2) is 0 Å². The van der Waals surface area contributed by atoms with Crippen LogP contribution in [-0.4, -0.2) is 4.98 Å². The molecule has 3 aromatic carbocycles. The topological polar surface area (TPSA) is 12.9 Å². The first kappa shape index (κ1) is 12.8. The molecular weight excluding hydrogens is 266 g/mol. The van der Waals surface area contributed by atoms with Crippen molar-refractivity contribution in [1.29, 1.82) is 0 Å². The Morgan fingerprint density at radius 1 is 0.500 bits per heavy atom. The minimum atomic E-state index is 1.01. The van der Waals surface area contributed by atoms with E-state index in [2.05, 4.69) is 65.6 Å². The van der Waals surface area contributed by atoms with Gasteiger partial charge in [-0.3, -0.25) is 4.98 Å². The summed E-state index contributed by atoms with van der Waals surface area (Å²) in [5, 5.41) is 2.38. The van der Waals surface area contributed by atoms with Crippen LogP contribution in [-0.2, 0) is 0 Å². The van der Waals surface area contributed by atoms with Gasteiger partial charge in [0.25, 0.3) is 0 Å². The number of pyridine rings is 1. The SMILES string of the molecule is c1ccc(-c2ccc3cnc(-c4ccccc4)cc3c2)cc1. The Morgan fingerprint density at radius 2 is 1.18 bits per heavy atom. The van der Waals surface area contributed by atoms with Crippen LogP contribution in [0.15, 0.2) is 91.1 Å². The molecule has 104 valence electrons. The molecule has 0 atom stereocenters. The minimum Gasteiger partial charge on any atom is -0.256 e. The van der Waals surface area contributed by atoms with Gasteiger partial charge in [0, 0.05) is 17.1 Å². The van der Waals surface area contributed by atoms with Gasteiger partial charge in [-0.05, 0) is 28.6 Å². The van der Waals surface area contributed by atoms with Crippen molar-refractivity contribution in [3.63, 3.8) is 0 Å². The Kier molecular flexibility index (Phi) is 3.17. The van der Waals surface area contributed by atoms with Gasteiger partial charge in [0.1, 0.15) is 0 Å². The highest BCUT2D eigenvalue weighted by molar-refractivity contribution is 5.89. The predicted octanol–water partition coefficient (Wildman–Crippen LogP) is 5.57. The fourth-order valence-corrected chi connectivity index (χ4v) is 2.72. The quantitative estimate of drug-likeness (QED) is 0.468. The molecule has 0 radical (unpaired) electrons. The van der Waals surface area contributed by atoms with E-state index in [1.54, 1.807) is 0 Å². The summed E-state index contributed by atoms with van der Waals surface area (Å²) in [6.45, 7) is 0. The zero-order valence-corrected chi connectivity index (χ0v) is 12.1. The molecule has 1 heteroatoms. The first-order valence-corrected chi connectivity index (χ1v) is 7.41. The molecule has 0 spiro atoms. The van der Waals surface area contributed by atoms with Gasteiger partial charge in [-0.1, -0.05) is 72.8 Å². The number of hydrogen-bond donors (Lipinski definition) is 0. The van der Waals surface area contributed by atoms with Crippen LogP contribution in [0, 0.1) is 0 Å². The summed E-state index contributed by atoms with van der Waals surface area (Å²) in [6, 6.07) is 29.5. The van der Waals surface area contributed by atoms with Crippen LogP contribution in [0.1, 0.15) is 0 Å². The summed E-state index contributed by atoms with van der Waals surface area (Å²) in [5.41, 5.74) is 4.63. The molecule has 0 amide bonds.